The summed E-state index contributed by atoms with van der Waals surface area (Å²) in [4.78, 5) is 28.7. The van der Waals surface area contributed by atoms with Crippen LogP contribution in [0.15, 0.2) is 54.6 Å². The Labute approximate surface area is 184 Å². The Morgan fingerprint density at radius 3 is 2.56 bits per heavy atom. The zero-order valence-corrected chi connectivity index (χ0v) is 17.9. The molecular formula is C24H24N4O4. The largest absolute Gasteiger partial charge is 0.497 e. The number of amides is 2. The predicted molar refractivity (Wildman–Crippen MR) is 122 cm³/mol. The van der Waals surface area contributed by atoms with Crippen molar-refractivity contribution in [2.45, 2.75) is 12.8 Å². The summed E-state index contributed by atoms with van der Waals surface area (Å²) in [6, 6.07) is 17.4. The summed E-state index contributed by atoms with van der Waals surface area (Å²) in [5.41, 5.74) is 5.44. The lowest BCUT2D eigenvalue weighted by molar-refractivity contribution is -0.129. The summed E-state index contributed by atoms with van der Waals surface area (Å²) < 4.78 is 7.36. The van der Waals surface area contributed by atoms with Crippen LogP contribution in [-0.4, -0.2) is 40.2 Å². The number of aryl methyl sites for hydroxylation is 1. The van der Waals surface area contributed by atoms with Gasteiger partial charge in [0.1, 0.15) is 11.4 Å². The van der Waals surface area contributed by atoms with Gasteiger partial charge in [-0.1, -0.05) is 18.2 Å². The summed E-state index contributed by atoms with van der Waals surface area (Å²) in [7, 11) is 3.61. The highest BCUT2D eigenvalue weighted by Gasteiger charge is 2.19. The average molecular weight is 432 g/mol. The van der Waals surface area contributed by atoms with E-state index < -0.39 is 5.91 Å². The van der Waals surface area contributed by atoms with Gasteiger partial charge in [0.05, 0.1) is 18.3 Å². The maximum atomic E-state index is 12.9. The predicted octanol–water partition coefficient (Wildman–Crippen LogP) is 3.42. The zero-order chi connectivity index (χ0) is 22.7. The average Bonchev–Trinajstić information content (AvgIpc) is 3.13. The second kappa shape index (κ2) is 9.07. The van der Waals surface area contributed by atoms with E-state index in [2.05, 4.69) is 9.88 Å². The highest BCUT2D eigenvalue weighted by molar-refractivity contribution is 6.13. The number of carbonyl (C=O) groups is 2. The first-order valence-corrected chi connectivity index (χ1v) is 10.3. The van der Waals surface area contributed by atoms with Crippen molar-refractivity contribution in [1.29, 1.82) is 0 Å². The first-order chi connectivity index (χ1) is 15.5. The van der Waals surface area contributed by atoms with Gasteiger partial charge in [-0.25, -0.2) is 10.5 Å². The van der Waals surface area contributed by atoms with Crippen LogP contribution in [0, 0.1) is 0 Å². The van der Waals surface area contributed by atoms with Gasteiger partial charge in [0.25, 0.3) is 5.91 Å². The van der Waals surface area contributed by atoms with Crippen molar-refractivity contribution in [3.8, 4) is 17.0 Å². The lowest BCUT2D eigenvalue weighted by atomic mass is 10.1. The Bertz CT molecular complexity index is 1300. The van der Waals surface area contributed by atoms with Gasteiger partial charge in [0.2, 0.25) is 5.91 Å². The fourth-order valence-electron chi connectivity index (χ4n) is 3.86. The molecule has 2 aromatic carbocycles. The fourth-order valence-corrected chi connectivity index (χ4v) is 3.86. The third-order valence-corrected chi connectivity index (χ3v) is 5.47. The number of pyridine rings is 1. The van der Waals surface area contributed by atoms with E-state index in [0.29, 0.717) is 24.4 Å². The summed E-state index contributed by atoms with van der Waals surface area (Å²) in [6.45, 7) is 0.291. The number of aromatic nitrogens is 2. The number of ether oxygens (including phenoxy) is 1. The maximum absolute atomic E-state index is 12.9. The SMILES string of the molecule is COc1ccc(-c2nc(C(=O)NCCCC(=O)NO)cc3c4ccccc4n(C)c23)cc1. The molecule has 0 spiro atoms. The molecule has 0 aliphatic carbocycles. The van der Waals surface area contributed by atoms with Crippen LogP contribution >= 0.6 is 0 Å². The van der Waals surface area contributed by atoms with Crippen molar-refractivity contribution < 1.29 is 19.5 Å². The number of nitrogens with one attached hydrogen (secondary N) is 2. The molecule has 0 fully saturated rings. The Kier molecular flexibility index (Phi) is 6.04. The Hall–Kier alpha value is -3.91. The molecule has 2 amide bonds. The molecule has 0 unspecified atom stereocenters. The highest BCUT2D eigenvalue weighted by Crippen LogP contribution is 2.35. The molecule has 4 rings (SSSR count). The number of methoxy groups -OCH3 is 1. The molecule has 0 aliphatic rings. The van der Waals surface area contributed by atoms with Crippen LogP contribution in [0.3, 0.4) is 0 Å². The lowest BCUT2D eigenvalue weighted by Crippen LogP contribution is -2.27. The topological polar surface area (TPSA) is 105 Å². The molecule has 32 heavy (non-hydrogen) atoms. The first kappa shape index (κ1) is 21.3. The number of nitrogens with zero attached hydrogens (tertiary/aromatic N) is 2. The third kappa shape index (κ3) is 4.00. The molecule has 0 bridgehead atoms. The Morgan fingerprint density at radius 2 is 1.84 bits per heavy atom. The molecule has 3 N–H and O–H groups in total. The van der Waals surface area contributed by atoms with Gasteiger partial charge in [-0.3, -0.25) is 14.8 Å². The molecule has 0 saturated heterocycles. The van der Waals surface area contributed by atoms with Crippen LogP contribution in [0.4, 0.5) is 0 Å². The van der Waals surface area contributed by atoms with Crippen molar-refractivity contribution in [3.63, 3.8) is 0 Å². The van der Waals surface area contributed by atoms with E-state index in [1.807, 2.05) is 55.6 Å². The van der Waals surface area contributed by atoms with Crippen LogP contribution in [0.1, 0.15) is 23.3 Å². The normalized spacial score (nSPS) is 11.0. The van der Waals surface area contributed by atoms with Crippen LogP contribution in [0.2, 0.25) is 0 Å². The van der Waals surface area contributed by atoms with Gasteiger partial charge < -0.3 is 14.6 Å². The van der Waals surface area contributed by atoms with E-state index in [1.54, 1.807) is 18.7 Å². The van der Waals surface area contributed by atoms with E-state index in [0.717, 1.165) is 33.1 Å². The molecule has 0 aliphatic heterocycles. The second-order valence-corrected chi connectivity index (χ2v) is 7.45. The van der Waals surface area contributed by atoms with Crippen molar-refractivity contribution >= 4 is 33.6 Å². The number of carbonyl (C=O) groups excluding carboxylic acids is 2. The number of hydrogen-bond acceptors (Lipinski definition) is 5. The minimum absolute atomic E-state index is 0.115. The number of para-hydroxylation sites is 1. The molecular weight excluding hydrogens is 408 g/mol. The van der Waals surface area contributed by atoms with E-state index >= 15 is 0 Å². The molecule has 8 heteroatoms. The number of benzene rings is 2. The monoisotopic (exact) mass is 432 g/mol. The van der Waals surface area contributed by atoms with Gasteiger partial charge >= 0.3 is 0 Å². The molecule has 0 saturated carbocycles. The number of hydrogen-bond donors (Lipinski definition) is 3. The van der Waals surface area contributed by atoms with Gasteiger partial charge in [-0.2, -0.15) is 0 Å². The summed E-state index contributed by atoms with van der Waals surface area (Å²) in [5, 5.41) is 13.4. The van der Waals surface area contributed by atoms with E-state index in [1.165, 1.54) is 0 Å². The third-order valence-electron chi connectivity index (χ3n) is 5.47. The number of hydroxylamine groups is 1. The first-order valence-electron chi connectivity index (χ1n) is 10.3. The smallest absolute Gasteiger partial charge is 0.269 e. The molecule has 4 aromatic rings. The van der Waals surface area contributed by atoms with Gasteiger partial charge in [0, 0.05) is 41.9 Å². The molecule has 8 nitrogen and oxygen atoms in total. The van der Waals surface area contributed by atoms with E-state index in [-0.39, 0.29) is 12.3 Å². The molecule has 2 aromatic heterocycles. The van der Waals surface area contributed by atoms with Crippen LogP contribution in [-0.2, 0) is 11.8 Å². The van der Waals surface area contributed by atoms with Gasteiger partial charge in [-0.15, -0.1) is 0 Å². The fraction of sp³-hybridized carbons (Fsp3) is 0.208. The van der Waals surface area contributed by atoms with Crippen LogP contribution in [0.5, 0.6) is 5.75 Å². The Morgan fingerprint density at radius 1 is 1.09 bits per heavy atom. The number of fused-ring (bicyclic) bond motifs is 3. The zero-order valence-electron chi connectivity index (χ0n) is 17.9. The van der Waals surface area contributed by atoms with Crippen molar-refractivity contribution in [2.24, 2.45) is 7.05 Å². The standard InChI is InChI=1S/C24H24N4O4/c1-28-20-7-4-3-6-17(20)18-14-19(24(30)25-13-5-8-21(29)27-31)26-22(23(18)28)15-9-11-16(32-2)12-10-15/h3-4,6-7,9-12,14,31H,5,8,13H2,1-2H3,(H,25,30)(H,27,29). The Balaban J connectivity index is 1.78. The lowest BCUT2D eigenvalue weighted by Gasteiger charge is -2.10. The summed E-state index contributed by atoms with van der Waals surface area (Å²) >= 11 is 0. The minimum atomic E-state index is -0.489. The quantitative estimate of drug-likeness (QED) is 0.236. The number of rotatable bonds is 7. The van der Waals surface area contributed by atoms with Crippen molar-refractivity contribution in [3.05, 3.63) is 60.3 Å². The van der Waals surface area contributed by atoms with Crippen LogP contribution < -0.4 is 15.5 Å². The second-order valence-electron chi connectivity index (χ2n) is 7.45. The van der Waals surface area contributed by atoms with E-state index in [9.17, 15) is 9.59 Å². The van der Waals surface area contributed by atoms with Crippen molar-refractivity contribution in [2.75, 3.05) is 13.7 Å². The summed E-state index contributed by atoms with van der Waals surface area (Å²) in [6.07, 6.45) is 0.518. The summed E-state index contributed by atoms with van der Waals surface area (Å²) in [5.74, 6) is -0.0711. The van der Waals surface area contributed by atoms with Crippen molar-refractivity contribution in [1.82, 2.24) is 20.3 Å². The van der Waals surface area contributed by atoms with Gasteiger partial charge in [0.15, 0.2) is 0 Å². The van der Waals surface area contributed by atoms with Gasteiger partial charge in [-0.05, 0) is 42.8 Å². The molecule has 2 heterocycles. The molecule has 0 atom stereocenters. The molecule has 0 radical (unpaired) electrons. The maximum Gasteiger partial charge on any atom is 0.269 e. The van der Waals surface area contributed by atoms with E-state index in [4.69, 9.17) is 14.9 Å². The van der Waals surface area contributed by atoms with Crippen LogP contribution in [0.25, 0.3) is 33.1 Å². The minimum Gasteiger partial charge on any atom is -0.497 e. The highest BCUT2D eigenvalue weighted by atomic mass is 16.5. The molecule has 164 valence electrons.